The van der Waals surface area contributed by atoms with Crippen LogP contribution in [0.2, 0.25) is 0 Å². The third-order valence-electron chi connectivity index (χ3n) is 4.93. The topological polar surface area (TPSA) is 32.3 Å². The van der Waals surface area contributed by atoms with E-state index >= 15 is 0 Å². The third kappa shape index (κ3) is 4.26. The molecule has 1 aliphatic rings. The first-order valence-electron chi connectivity index (χ1n) is 7.40. The van der Waals surface area contributed by atoms with Crippen molar-refractivity contribution in [2.45, 2.75) is 78.3 Å². The predicted molar refractivity (Wildman–Crippen MR) is 74.1 cm³/mol. The molecule has 1 atom stereocenters. The molecule has 0 aromatic heterocycles. The van der Waals surface area contributed by atoms with E-state index in [2.05, 4.69) is 33.0 Å². The Morgan fingerprint density at radius 1 is 1.18 bits per heavy atom. The lowest BCUT2D eigenvalue weighted by molar-refractivity contribution is 0.127. The van der Waals surface area contributed by atoms with Crippen LogP contribution >= 0.6 is 0 Å². The number of hydrogen-bond acceptors (Lipinski definition) is 2. The molecule has 0 spiro atoms. The zero-order valence-electron chi connectivity index (χ0n) is 12.1. The van der Waals surface area contributed by atoms with Crippen molar-refractivity contribution in [3.63, 3.8) is 0 Å². The molecule has 0 amide bonds. The van der Waals surface area contributed by atoms with Crippen molar-refractivity contribution >= 4 is 0 Å². The fourth-order valence-corrected chi connectivity index (χ4v) is 2.96. The molecule has 17 heavy (non-hydrogen) atoms. The Kier molecular flexibility index (Phi) is 5.94. The molecule has 2 heteroatoms. The fourth-order valence-electron chi connectivity index (χ4n) is 2.96. The zero-order chi connectivity index (χ0) is 12.9. The van der Waals surface area contributed by atoms with E-state index in [0.29, 0.717) is 17.5 Å². The Labute approximate surface area is 107 Å². The molecular weight excluding hydrogens is 210 g/mol. The second-order valence-corrected chi connectivity index (χ2v) is 6.35. The molecule has 0 aromatic carbocycles. The Balaban J connectivity index is 2.35. The molecule has 0 bridgehead atoms. The summed E-state index contributed by atoms with van der Waals surface area (Å²) >= 11 is 0. The Morgan fingerprint density at radius 2 is 1.76 bits per heavy atom. The minimum atomic E-state index is 0.275. The molecule has 2 N–H and O–H groups in total. The monoisotopic (exact) mass is 241 g/mol. The number of nitrogens with one attached hydrogen (secondary N) is 1. The lowest BCUT2D eigenvalue weighted by Crippen LogP contribution is -2.43. The highest BCUT2D eigenvalue weighted by molar-refractivity contribution is 4.86. The molecule has 1 aliphatic carbocycles. The summed E-state index contributed by atoms with van der Waals surface area (Å²) in [4.78, 5) is 0. The van der Waals surface area contributed by atoms with Crippen LogP contribution in [0, 0.1) is 11.3 Å². The van der Waals surface area contributed by atoms with Gasteiger partial charge in [-0.3, -0.25) is 0 Å². The molecule has 0 unspecified atom stereocenters. The van der Waals surface area contributed by atoms with Crippen LogP contribution in [0.5, 0.6) is 0 Å². The van der Waals surface area contributed by atoms with Gasteiger partial charge in [0.1, 0.15) is 0 Å². The molecule has 0 aromatic rings. The van der Waals surface area contributed by atoms with E-state index < -0.39 is 0 Å². The minimum Gasteiger partial charge on any atom is -0.395 e. The van der Waals surface area contributed by atoms with Gasteiger partial charge in [-0.2, -0.15) is 0 Å². The summed E-state index contributed by atoms with van der Waals surface area (Å²) in [5.41, 5.74) is 0.506. The standard InChI is InChI=1S/C15H31NO/c1-5-13(11-17)16-14-9-7-12(8-10-14)15(3,4)6-2/h12-14,16-17H,5-11H2,1-4H3/t12?,13-,14?/m0/s1. The van der Waals surface area contributed by atoms with Crippen molar-refractivity contribution in [3.8, 4) is 0 Å². The minimum absolute atomic E-state index is 0.275. The van der Waals surface area contributed by atoms with Gasteiger partial charge in [0.15, 0.2) is 0 Å². The molecule has 1 fully saturated rings. The second-order valence-electron chi connectivity index (χ2n) is 6.35. The van der Waals surface area contributed by atoms with Crippen LogP contribution in [0.4, 0.5) is 0 Å². The quantitative estimate of drug-likeness (QED) is 0.747. The van der Waals surface area contributed by atoms with Gasteiger partial charge in [0.05, 0.1) is 6.61 Å². The van der Waals surface area contributed by atoms with Crippen LogP contribution in [0.1, 0.15) is 66.2 Å². The Hall–Kier alpha value is -0.0800. The molecule has 1 saturated carbocycles. The van der Waals surface area contributed by atoms with Crippen molar-refractivity contribution in [3.05, 3.63) is 0 Å². The first kappa shape index (κ1) is 15.0. The van der Waals surface area contributed by atoms with Crippen LogP contribution in [0.25, 0.3) is 0 Å². The first-order chi connectivity index (χ1) is 8.03. The van der Waals surface area contributed by atoms with E-state index in [1.807, 2.05) is 0 Å². The molecule has 2 nitrogen and oxygen atoms in total. The van der Waals surface area contributed by atoms with Gasteiger partial charge in [-0.25, -0.2) is 0 Å². The predicted octanol–water partition coefficient (Wildman–Crippen LogP) is 3.34. The van der Waals surface area contributed by atoms with Crippen molar-refractivity contribution < 1.29 is 5.11 Å². The van der Waals surface area contributed by atoms with Gasteiger partial charge in [0.2, 0.25) is 0 Å². The summed E-state index contributed by atoms with van der Waals surface area (Å²) in [6.45, 7) is 9.54. The highest BCUT2D eigenvalue weighted by Gasteiger charge is 2.31. The molecular formula is C15H31NO. The molecule has 102 valence electrons. The number of aliphatic hydroxyl groups excluding tert-OH is 1. The lowest BCUT2D eigenvalue weighted by atomic mass is 9.69. The molecule has 1 rings (SSSR count). The van der Waals surface area contributed by atoms with E-state index in [0.717, 1.165) is 12.3 Å². The smallest absolute Gasteiger partial charge is 0.0584 e. The van der Waals surface area contributed by atoms with Crippen molar-refractivity contribution in [1.29, 1.82) is 0 Å². The average molecular weight is 241 g/mol. The normalized spacial score (nSPS) is 28.1. The Morgan fingerprint density at radius 3 is 2.18 bits per heavy atom. The van der Waals surface area contributed by atoms with Gasteiger partial charge in [-0.05, 0) is 43.4 Å². The molecule has 0 heterocycles. The van der Waals surface area contributed by atoms with Crippen LogP contribution in [-0.2, 0) is 0 Å². The first-order valence-corrected chi connectivity index (χ1v) is 7.40. The summed E-state index contributed by atoms with van der Waals surface area (Å²) < 4.78 is 0. The highest BCUT2D eigenvalue weighted by atomic mass is 16.3. The van der Waals surface area contributed by atoms with E-state index in [1.54, 1.807) is 0 Å². The fraction of sp³-hybridized carbons (Fsp3) is 1.00. The van der Waals surface area contributed by atoms with E-state index in [-0.39, 0.29) is 6.61 Å². The maximum absolute atomic E-state index is 9.21. The van der Waals surface area contributed by atoms with Gasteiger partial charge in [0.25, 0.3) is 0 Å². The third-order valence-corrected chi connectivity index (χ3v) is 4.93. The molecule has 0 aliphatic heterocycles. The SMILES string of the molecule is CC[C@@H](CO)NC1CCC(C(C)(C)CC)CC1. The number of hydrogen-bond donors (Lipinski definition) is 2. The summed E-state index contributed by atoms with van der Waals surface area (Å²) in [6, 6.07) is 0.937. The van der Waals surface area contributed by atoms with Crippen LogP contribution in [-0.4, -0.2) is 23.8 Å². The van der Waals surface area contributed by atoms with E-state index in [1.165, 1.54) is 32.1 Å². The van der Waals surface area contributed by atoms with Gasteiger partial charge in [-0.1, -0.05) is 34.1 Å². The van der Waals surface area contributed by atoms with Crippen molar-refractivity contribution in [2.75, 3.05) is 6.61 Å². The summed E-state index contributed by atoms with van der Waals surface area (Å²) in [7, 11) is 0. The second kappa shape index (κ2) is 6.75. The molecule has 0 radical (unpaired) electrons. The van der Waals surface area contributed by atoms with Gasteiger partial charge >= 0.3 is 0 Å². The van der Waals surface area contributed by atoms with Crippen molar-refractivity contribution in [2.24, 2.45) is 11.3 Å². The average Bonchev–Trinajstić information content (AvgIpc) is 2.36. The lowest BCUT2D eigenvalue weighted by Gasteiger charge is -2.39. The summed E-state index contributed by atoms with van der Waals surface area (Å²) in [6.07, 6.45) is 7.57. The van der Waals surface area contributed by atoms with E-state index in [4.69, 9.17) is 0 Å². The maximum Gasteiger partial charge on any atom is 0.0584 e. The largest absolute Gasteiger partial charge is 0.395 e. The van der Waals surface area contributed by atoms with Gasteiger partial charge in [-0.15, -0.1) is 0 Å². The Bertz CT molecular complexity index is 203. The van der Waals surface area contributed by atoms with E-state index in [9.17, 15) is 5.11 Å². The number of aliphatic hydroxyl groups is 1. The zero-order valence-corrected chi connectivity index (χ0v) is 12.1. The maximum atomic E-state index is 9.21. The molecule has 0 saturated heterocycles. The highest BCUT2D eigenvalue weighted by Crippen LogP contribution is 2.40. The van der Waals surface area contributed by atoms with Crippen LogP contribution < -0.4 is 5.32 Å². The van der Waals surface area contributed by atoms with Gasteiger partial charge in [0, 0.05) is 12.1 Å². The van der Waals surface area contributed by atoms with Crippen LogP contribution in [0.3, 0.4) is 0 Å². The van der Waals surface area contributed by atoms with Gasteiger partial charge < -0.3 is 10.4 Å². The number of rotatable bonds is 6. The van der Waals surface area contributed by atoms with Crippen molar-refractivity contribution in [1.82, 2.24) is 5.32 Å². The summed E-state index contributed by atoms with van der Waals surface area (Å²) in [5, 5.41) is 12.8. The van der Waals surface area contributed by atoms with Crippen LogP contribution in [0.15, 0.2) is 0 Å². The summed E-state index contributed by atoms with van der Waals surface area (Å²) in [5.74, 6) is 0.889.